The fourth-order valence-corrected chi connectivity index (χ4v) is 1.81. The summed E-state index contributed by atoms with van der Waals surface area (Å²) in [5, 5.41) is 2.81. The quantitative estimate of drug-likeness (QED) is 0.828. The van der Waals surface area contributed by atoms with Gasteiger partial charge in [0.15, 0.2) is 0 Å². The van der Waals surface area contributed by atoms with Gasteiger partial charge in [-0.15, -0.1) is 0 Å². The SMILES string of the molecule is CCNC(=O)N(c1ccccc1)c1ccc(N)cc1. The van der Waals surface area contributed by atoms with Crippen molar-refractivity contribution < 1.29 is 4.79 Å². The first kappa shape index (κ1) is 13.0. The number of nitrogens with one attached hydrogen (secondary N) is 1. The molecule has 0 aromatic heterocycles. The van der Waals surface area contributed by atoms with Gasteiger partial charge in [0.05, 0.1) is 11.4 Å². The molecule has 2 rings (SSSR count). The van der Waals surface area contributed by atoms with Crippen LogP contribution in [0.15, 0.2) is 54.6 Å². The Morgan fingerprint density at radius 1 is 1.05 bits per heavy atom. The van der Waals surface area contributed by atoms with Crippen molar-refractivity contribution in [3.8, 4) is 0 Å². The second-order valence-corrected chi connectivity index (χ2v) is 4.10. The van der Waals surface area contributed by atoms with Crippen molar-refractivity contribution >= 4 is 23.1 Å². The minimum atomic E-state index is -0.154. The van der Waals surface area contributed by atoms with Crippen molar-refractivity contribution in [3.05, 3.63) is 54.6 Å². The number of benzene rings is 2. The highest BCUT2D eigenvalue weighted by molar-refractivity contribution is 5.99. The Balaban J connectivity index is 2.40. The van der Waals surface area contributed by atoms with Crippen molar-refractivity contribution in [2.24, 2.45) is 0 Å². The van der Waals surface area contributed by atoms with E-state index < -0.39 is 0 Å². The van der Waals surface area contributed by atoms with Gasteiger partial charge < -0.3 is 11.1 Å². The molecule has 98 valence electrons. The molecule has 0 saturated carbocycles. The zero-order valence-electron chi connectivity index (χ0n) is 10.8. The van der Waals surface area contributed by atoms with E-state index in [9.17, 15) is 4.79 Å². The number of rotatable bonds is 3. The van der Waals surface area contributed by atoms with E-state index in [0.717, 1.165) is 11.4 Å². The highest BCUT2D eigenvalue weighted by atomic mass is 16.2. The Labute approximate surface area is 112 Å². The van der Waals surface area contributed by atoms with E-state index in [1.54, 1.807) is 17.0 Å². The fourth-order valence-electron chi connectivity index (χ4n) is 1.81. The predicted octanol–water partition coefficient (Wildman–Crippen LogP) is 3.14. The molecular formula is C15H17N3O. The largest absolute Gasteiger partial charge is 0.399 e. The Bertz CT molecular complexity index is 537. The summed E-state index contributed by atoms with van der Waals surface area (Å²) in [6.45, 7) is 2.47. The Hall–Kier alpha value is -2.49. The number of nitrogens with zero attached hydrogens (tertiary/aromatic N) is 1. The van der Waals surface area contributed by atoms with Crippen molar-refractivity contribution in [3.63, 3.8) is 0 Å². The lowest BCUT2D eigenvalue weighted by Gasteiger charge is -2.23. The number of nitrogens with two attached hydrogens (primary N) is 1. The lowest BCUT2D eigenvalue weighted by atomic mass is 10.2. The molecule has 0 spiro atoms. The maximum atomic E-state index is 12.2. The van der Waals surface area contributed by atoms with E-state index in [1.807, 2.05) is 49.4 Å². The van der Waals surface area contributed by atoms with E-state index in [2.05, 4.69) is 5.32 Å². The zero-order chi connectivity index (χ0) is 13.7. The van der Waals surface area contributed by atoms with Crippen LogP contribution >= 0.6 is 0 Å². The van der Waals surface area contributed by atoms with Crippen molar-refractivity contribution in [2.75, 3.05) is 17.2 Å². The molecule has 0 saturated heterocycles. The second-order valence-electron chi connectivity index (χ2n) is 4.10. The summed E-state index contributed by atoms with van der Waals surface area (Å²) in [7, 11) is 0. The summed E-state index contributed by atoms with van der Waals surface area (Å²) in [5.41, 5.74) is 7.96. The second kappa shape index (κ2) is 5.91. The number of amides is 2. The van der Waals surface area contributed by atoms with Gasteiger partial charge in [0.2, 0.25) is 0 Å². The van der Waals surface area contributed by atoms with Gasteiger partial charge in [0, 0.05) is 12.2 Å². The van der Waals surface area contributed by atoms with Crippen LogP contribution in [0.2, 0.25) is 0 Å². The van der Waals surface area contributed by atoms with Crippen molar-refractivity contribution in [1.29, 1.82) is 0 Å². The van der Waals surface area contributed by atoms with E-state index in [0.29, 0.717) is 12.2 Å². The number of anilines is 3. The third-order valence-electron chi connectivity index (χ3n) is 2.70. The van der Waals surface area contributed by atoms with Crippen LogP contribution in [0, 0.1) is 0 Å². The van der Waals surface area contributed by atoms with E-state index in [-0.39, 0.29) is 6.03 Å². The van der Waals surface area contributed by atoms with Gasteiger partial charge >= 0.3 is 6.03 Å². The van der Waals surface area contributed by atoms with Crippen LogP contribution in [0.3, 0.4) is 0 Å². The number of para-hydroxylation sites is 1. The average molecular weight is 255 g/mol. The standard InChI is InChI=1S/C15H17N3O/c1-2-17-15(19)18(13-6-4-3-5-7-13)14-10-8-12(16)9-11-14/h3-11H,2,16H2,1H3,(H,17,19). The van der Waals surface area contributed by atoms with Crippen LogP contribution in [-0.2, 0) is 0 Å². The molecule has 2 aromatic rings. The molecule has 0 fully saturated rings. The number of hydrogen-bond acceptors (Lipinski definition) is 2. The fraction of sp³-hybridized carbons (Fsp3) is 0.133. The average Bonchev–Trinajstić information content (AvgIpc) is 2.43. The topological polar surface area (TPSA) is 58.4 Å². The Morgan fingerprint density at radius 3 is 2.21 bits per heavy atom. The van der Waals surface area contributed by atoms with Gasteiger partial charge in [0.1, 0.15) is 0 Å². The summed E-state index contributed by atoms with van der Waals surface area (Å²) in [5.74, 6) is 0. The van der Waals surface area contributed by atoms with E-state index in [4.69, 9.17) is 5.73 Å². The number of hydrogen-bond donors (Lipinski definition) is 2. The highest BCUT2D eigenvalue weighted by Gasteiger charge is 2.16. The van der Waals surface area contributed by atoms with Gasteiger partial charge in [0.25, 0.3) is 0 Å². The Morgan fingerprint density at radius 2 is 1.63 bits per heavy atom. The summed E-state index contributed by atoms with van der Waals surface area (Å²) >= 11 is 0. The molecular weight excluding hydrogens is 238 g/mol. The molecule has 4 heteroatoms. The molecule has 3 N–H and O–H groups in total. The molecule has 19 heavy (non-hydrogen) atoms. The molecule has 0 atom stereocenters. The molecule has 0 aliphatic carbocycles. The third kappa shape index (κ3) is 3.04. The van der Waals surface area contributed by atoms with Crippen LogP contribution in [-0.4, -0.2) is 12.6 Å². The predicted molar refractivity (Wildman–Crippen MR) is 78.5 cm³/mol. The van der Waals surface area contributed by atoms with Crippen molar-refractivity contribution in [2.45, 2.75) is 6.92 Å². The molecule has 0 heterocycles. The highest BCUT2D eigenvalue weighted by Crippen LogP contribution is 2.25. The van der Waals surface area contributed by atoms with Gasteiger partial charge in [-0.25, -0.2) is 4.79 Å². The van der Waals surface area contributed by atoms with Gasteiger partial charge in [-0.1, -0.05) is 18.2 Å². The monoisotopic (exact) mass is 255 g/mol. The molecule has 0 bridgehead atoms. The minimum Gasteiger partial charge on any atom is -0.399 e. The number of urea groups is 1. The summed E-state index contributed by atoms with van der Waals surface area (Å²) < 4.78 is 0. The molecule has 0 unspecified atom stereocenters. The maximum absolute atomic E-state index is 12.2. The van der Waals surface area contributed by atoms with Crippen LogP contribution < -0.4 is 16.0 Å². The summed E-state index contributed by atoms with van der Waals surface area (Å²) in [6.07, 6.45) is 0. The number of carbonyl (C=O) groups is 1. The molecule has 2 amide bonds. The summed E-state index contributed by atoms with van der Waals surface area (Å²) in [4.78, 5) is 13.8. The molecule has 0 radical (unpaired) electrons. The first-order valence-corrected chi connectivity index (χ1v) is 6.21. The van der Waals surface area contributed by atoms with Gasteiger partial charge in [-0.3, -0.25) is 4.90 Å². The minimum absolute atomic E-state index is 0.154. The lowest BCUT2D eigenvalue weighted by molar-refractivity contribution is 0.249. The zero-order valence-corrected chi connectivity index (χ0v) is 10.8. The van der Waals surface area contributed by atoms with E-state index in [1.165, 1.54) is 0 Å². The molecule has 4 nitrogen and oxygen atoms in total. The molecule has 0 aliphatic rings. The molecule has 2 aromatic carbocycles. The summed E-state index contributed by atoms with van der Waals surface area (Å²) in [6, 6.07) is 16.6. The van der Waals surface area contributed by atoms with Crippen LogP contribution in [0.4, 0.5) is 21.9 Å². The number of carbonyl (C=O) groups excluding carboxylic acids is 1. The van der Waals surface area contributed by atoms with Gasteiger partial charge in [-0.05, 0) is 43.3 Å². The van der Waals surface area contributed by atoms with Crippen molar-refractivity contribution in [1.82, 2.24) is 5.32 Å². The molecule has 0 aliphatic heterocycles. The number of nitrogen functional groups attached to an aromatic ring is 1. The first-order valence-electron chi connectivity index (χ1n) is 6.21. The first-order chi connectivity index (χ1) is 9.22. The maximum Gasteiger partial charge on any atom is 0.326 e. The Kier molecular flexibility index (Phi) is 4.03. The van der Waals surface area contributed by atoms with Gasteiger partial charge in [-0.2, -0.15) is 0 Å². The van der Waals surface area contributed by atoms with Crippen LogP contribution in [0.25, 0.3) is 0 Å². The lowest BCUT2D eigenvalue weighted by Crippen LogP contribution is -2.36. The smallest absolute Gasteiger partial charge is 0.326 e. The van der Waals surface area contributed by atoms with E-state index >= 15 is 0 Å². The normalized spacial score (nSPS) is 9.95. The third-order valence-corrected chi connectivity index (χ3v) is 2.70. The van der Waals surface area contributed by atoms with Crippen LogP contribution in [0.1, 0.15) is 6.92 Å². The van der Waals surface area contributed by atoms with Crippen LogP contribution in [0.5, 0.6) is 0 Å².